The number of benzene rings is 2. The molecule has 1 amide bonds. The van der Waals surface area contributed by atoms with Gasteiger partial charge in [0.1, 0.15) is 12.2 Å². The van der Waals surface area contributed by atoms with E-state index in [2.05, 4.69) is 5.32 Å². The minimum Gasteiger partial charge on any atom is -0.458 e. The van der Waals surface area contributed by atoms with E-state index >= 15 is 0 Å². The summed E-state index contributed by atoms with van der Waals surface area (Å²) in [7, 11) is 0. The number of rotatable bonds is 5. The van der Waals surface area contributed by atoms with Crippen molar-refractivity contribution in [2.75, 3.05) is 6.61 Å². The van der Waals surface area contributed by atoms with Gasteiger partial charge in [-0.3, -0.25) is 0 Å². The summed E-state index contributed by atoms with van der Waals surface area (Å²) in [6, 6.07) is 14.5. The Morgan fingerprint density at radius 3 is 2.07 bits per heavy atom. The van der Waals surface area contributed by atoms with Crippen LogP contribution in [-0.4, -0.2) is 36.6 Å². The quantitative estimate of drug-likeness (QED) is 0.487. The Morgan fingerprint density at radius 1 is 1.04 bits per heavy atom. The van der Waals surface area contributed by atoms with E-state index in [1.807, 2.05) is 48.5 Å². The van der Waals surface area contributed by atoms with Crippen LogP contribution in [0.15, 0.2) is 48.5 Å². The fourth-order valence-corrected chi connectivity index (χ4v) is 3.28. The standard InChI is InChI=1S/C22H23NO5/c1-22(2,3)28-20(25)19(12-24)23-21(26)27-13-18-16-10-6-4-8-14(16)15-9-5-7-11-17(15)18/h4-12,18-19H,13H2,1-3H3,(H,23,26)/t19-/m1/s1. The third-order valence-corrected chi connectivity index (χ3v) is 4.41. The number of ether oxygens (including phenoxy) is 2. The molecule has 0 fully saturated rings. The summed E-state index contributed by atoms with van der Waals surface area (Å²) in [6.45, 7) is 5.14. The highest BCUT2D eigenvalue weighted by molar-refractivity contribution is 5.95. The molecule has 0 bridgehead atoms. The molecule has 0 spiro atoms. The molecule has 146 valence electrons. The number of alkyl carbamates (subject to hydrolysis) is 1. The van der Waals surface area contributed by atoms with Gasteiger partial charge in [-0.1, -0.05) is 48.5 Å². The minimum atomic E-state index is -1.41. The molecule has 6 nitrogen and oxygen atoms in total. The molecule has 0 heterocycles. The zero-order valence-electron chi connectivity index (χ0n) is 16.1. The summed E-state index contributed by atoms with van der Waals surface area (Å²) in [5.74, 6) is -0.926. The fraction of sp³-hybridized carbons (Fsp3) is 0.318. The molecule has 2 aromatic carbocycles. The molecule has 28 heavy (non-hydrogen) atoms. The van der Waals surface area contributed by atoms with Gasteiger partial charge in [0.05, 0.1) is 0 Å². The van der Waals surface area contributed by atoms with Gasteiger partial charge in [-0.15, -0.1) is 0 Å². The lowest BCUT2D eigenvalue weighted by Crippen LogP contribution is -2.45. The first kappa shape index (κ1) is 19.6. The van der Waals surface area contributed by atoms with Crippen LogP contribution >= 0.6 is 0 Å². The molecular weight excluding hydrogens is 358 g/mol. The van der Waals surface area contributed by atoms with E-state index in [0.29, 0.717) is 6.29 Å². The average molecular weight is 381 g/mol. The molecule has 0 aromatic heterocycles. The van der Waals surface area contributed by atoms with Gasteiger partial charge < -0.3 is 19.6 Å². The Kier molecular flexibility index (Phi) is 5.49. The number of amides is 1. The summed E-state index contributed by atoms with van der Waals surface area (Å²) in [4.78, 5) is 35.3. The van der Waals surface area contributed by atoms with Gasteiger partial charge in [-0.2, -0.15) is 0 Å². The topological polar surface area (TPSA) is 81.7 Å². The molecule has 6 heteroatoms. The van der Waals surface area contributed by atoms with E-state index in [1.54, 1.807) is 20.8 Å². The summed E-state index contributed by atoms with van der Waals surface area (Å²) in [5, 5.41) is 2.26. The number of hydrogen-bond donors (Lipinski definition) is 1. The van der Waals surface area contributed by atoms with Crippen molar-refractivity contribution < 1.29 is 23.9 Å². The van der Waals surface area contributed by atoms with Crippen molar-refractivity contribution in [1.82, 2.24) is 5.32 Å². The molecule has 1 atom stereocenters. The van der Waals surface area contributed by atoms with Crippen molar-refractivity contribution >= 4 is 18.3 Å². The number of carbonyl (C=O) groups excluding carboxylic acids is 3. The molecule has 1 aliphatic rings. The molecule has 2 aromatic rings. The first-order valence-electron chi connectivity index (χ1n) is 9.10. The van der Waals surface area contributed by atoms with E-state index in [9.17, 15) is 14.4 Å². The second kappa shape index (κ2) is 7.84. The zero-order valence-corrected chi connectivity index (χ0v) is 16.1. The van der Waals surface area contributed by atoms with E-state index in [4.69, 9.17) is 9.47 Å². The number of carbonyl (C=O) groups is 3. The number of esters is 1. The van der Waals surface area contributed by atoms with Crippen LogP contribution in [0.25, 0.3) is 11.1 Å². The van der Waals surface area contributed by atoms with E-state index in [0.717, 1.165) is 22.3 Å². The van der Waals surface area contributed by atoms with Gasteiger partial charge in [0, 0.05) is 5.92 Å². The molecule has 0 unspecified atom stereocenters. The van der Waals surface area contributed by atoms with Gasteiger partial charge >= 0.3 is 12.1 Å². The third-order valence-electron chi connectivity index (χ3n) is 4.41. The Bertz CT molecular complexity index is 854. The van der Waals surface area contributed by atoms with Crippen LogP contribution in [0.2, 0.25) is 0 Å². The molecular formula is C22H23NO5. The fourth-order valence-electron chi connectivity index (χ4n) is 3.28. The normalized spacial score (nSPS) is 13.8. The Hall–Kier alpha value is -3.15. The number of fused-ring (bicyclic) bond motifs is 3. The average Bonchev–Trinajstić information content (AvgIpc) is 2.97. The van der Waals surface area contributed by atoms with Crippen molar-refractivity contribution in [2.24, 2.45) is 0 Å². The van der Waals surface area contributed by atoms with Crippen LogP contribution < -0.4 is 5.32 Å². The maximum atomic E-state index is 12.2. The summed E-state index contributed by atoms with van der Waals surface area (Å²) in [5.41, 5.74) is 3.63. The van der Waals surface area contributed by atoms with Crippen LogP contribution in [0.5, 0.6) is 0 Å². The number of hydrogen-bond acceptors (Lipinski definition) is 5. The molecule has 3 rings (SSSR count). The number of nitrogens with one attached hydrogen (secondary N) is 1. The maximum absolute atomic E-state index is 12.2. The van der Waals surface area contributed by atoms with Crippen molar-refractivity contribution in [3.63, 3.8) is 0 Å². The lowest BCUT2D eigenvalue weighted by atomic mass is 9.98. The number of aldehydes is 1. The van der Waals surface area contributed by atoms with Gasteiger partial charge in [-0.25, -0.2) is 9.59 Å². The van der Waals surface area contributed by atoms with Gasteiger partial charge in [0.15, 0.2) is 12.3 Å². The molecule has 1 aliphatic carbocycles. The van der Waals surface area contributed by atoms with Gasteiger partial charge in [0.2, 0.25) is 0 Å². The summed E-state index contributed by atoms with van der Waals surface area (Å²) < 4.78 is 10.5. The van der Waals surface area contributed by atoms with E-state index in [1.165, 1.54) is 0 Å². The largest absolute Gasteiger partial charge is 0.458 e. The SMILES string of the molecule is CC(C)(C)OC(=O)[C@@H](C=O)NC(=O)OCC1c2ccccc2-c2ccccc21. The van der Waals surface area contributed by atoms with E-state index < -0.39 is 23.7 Å². The first-order valence-corrected chi connectivity index (χ1v) is 9.10. The lowest BCUT2D eigenvalue weighted by Gasteiger charge is -2.22. The lowest BCUT2D eigenvalue weighted by molar-refractivity contribution is -0.157. The minimum absolute atomic E-state index is 0.0970. The highest BCUT2D eigenvalue weighted by Gasteiger charge is 2.30. The summed E-state index contributed by atoms with van der Waals surface area (Å²) in [6.07, 6.45) is -0.514. The van der Waals surface area contributed by atoms with Crippen LogP contribution in [0, 0.1) is 0 Å². The van der Waals surface area contributed by atoms with Crippen molar-refractivity contribution in [2.45, 2.75) is 38.3 Å². The molecule has 0 saturated carbocycles. The van der Waals surface area contributed by atoms with E-state index in [-0.39, 0.29) is 12.5 Å². The molecule has 0 aliphatic heterocycles. The van der Waals surface area contributed by atoms with Gasteiger partial charge in [0.25, 0.3) is 0 Å². The highest BCUT2D eigenvalue weighted by atomic mass is 16.6. The van der Waals surface area contributed by atoms with Crippen LogP contribution in [0.1, 0.15) is 37.8 Å². The Labute approximate surface area is 163 Å². The third kappa shape index (κ3) is 4.22. The van der Waals surface area contributed by atoms with Crippen LogP contribution in [0.4, 0.5) is 4.79 Å². The predicted molar refractivity (Wildman–Crippen MR) is 104 cm³/mol. The molecule has 0 saturated heterocycles. The Morgan fingerprint density at radius 2 is 1.57 bits per heavy atom. The first-order chi connectivity index (χ1) is 13.3. The highest BCUT2D eigenvalue weighted by Crippen LogP contribution is 2.44. The predicted octanol–water partition coefficient (Wildman–Crippen LogP) is 3.43. The van der Waals surface area contributed by atoms with Crippen molar-refractivity contribution in [1.29, 1.82) is 0 Å². The van der Waals surface area contributed by atoms with Crippen molar-refractivity contribution in [3.05, 3.63) is 59.7 Å². The van der Waals surface area contributed by atoms with Crippen molar-refractivity contribution in [3.8, 4) is 11.1 Å². The van der Waals surface area contributed by atoms with Crippen LogP contribution in [0.3, 0.4) is 0 Å². The second-order valence-electron chi connectivity index (χ2n) is 7.62. The second-order valence-corrected chi connectivity index (χ2v) is 7.62. The monoisotopic (exact) mass is 381 g/mol. The Balaban J connectivity index is 1.66. The zero-order chi connectivity index (χ0) is 20.3. The smallest absolute Gasteiger partial charge is 0.408 e. The molecule has 1 N–H and O–H groups in total. The summed E-state index contributed by atoms with van der Waals surface area (Å²) >= 11 is 0. The van der Waals surface area contributed by atoms with Gasteiger partial charge in [-0.05, 0) is 43.0 Å². The maximum Gasteiger partial charge on any atom is 0.408 e. The molecule has 0 radical (unpaired) electrons. The van der Waals surface area contributed by atoms with Crippen LogP contribution in [-0.2, 0) is 19.1 Å².